The molecule has 1 aromatic heterocycles. The molecule has 128 valence electrons. The van der Waals surface area contributed by atoms with Crippen LogP contribution in [0.15, 0.2) is 48.8 Å². The number of rotatable bonds is 6. The second kappa shape index (κ2) is 8.97. The van der Waals surface area contributed by atoms with E-state index in [0.717, 1.165) is 18.8 Å². The van der Waals surface area contributed by atoms with Crippen molar-refractivity contribution in [1.82, 2.24) is 9.88 Å². The van der Waals surface area contributed by atoms with Gasteiger partial charge in [0.15, 0.2) is 5.11 Å². The van der Waals surface area contributed by atoms with E-state index in [2.05, 4.69) is 36.2 Å². The third-order valence-electron chi connectivity index (χ3n) is 3.89. The van der Waals surface area contributed by atoms with Crippen molar-refractivity contribution in [3.05, 3.63) is 59.4 Å². The van der Waals surface area contributed by atoms with E-state index >= 15 is 0 Å². The molecule has 2 aromatic rings. The van der Waals surface area contributed by atoms with E-state index < -0.39 is 0 Å². The van der Waals surface area contributed by atoms with E-state index in [-0.39, 0.29) is 6.04 Å². The number of quaternary nitrogens is 1. The Morgan fingerprint density at radius 1 is 1.25 bits per heavy atom. The maximum atomic E-state index is 6.24. The third kappa shape index (κ3) is 5.16. The highest BCUT2D eigenvalue weighted by atomic mass is 35.5. The molecule has 0 bridgehead atoms. The Labute approximate surface area is 154 Å². The van der Waals surface area contributed by atoms with Crippen LogP contribution < -0.4 is 10.2 Å². The average molecular weight is 364 g/mol. The Morgan fingerprint density at radius 3 is 2.54 bits per heavy atom. The van der Waals surface area contributed by atoms with E-state index in [1.54, 1.807) is 0 Å². The van der Waals surface area contributed by atoms with E-state index in [9.17, 15) is 0 Å². The summed E-state index contributed by atoms with van der Waals surface area (Å²) in [5.74, 6) is 0. The highest BCUT2D eigenvalue weighted by Crippen LogP contribution is 2.24. The molecule has 6 heteroatoms. The summed E-state index contributed by atoms with van der Waals surface area (Å²) in [4.78, 5) is 7.67. The van der Waals surface area contributed by atoms with Gasteiger partial charge in [0.2, 0.25) is 0 Å². The fraction of sp³-hybridized carbons (Fsp3) is 0.333. The first kappa shape index (κ1) is 18.6. The number of benzene rings is 1. The zero-order valence-corrected chi connectivity index (χ0v) is 15.9. The molecule has 1 heterocycles. The molecule has 0 aliphatic heterocycles. The van der Waals surface area contributed by atoms with Crippen molar-refractivity contribution in [2.24, 2.45) is 0 Å². The summed E-state index contributed by atoms with van der Waals surface area (Å²) in [7, 11) is 4.28. The van der Waals surface area contributed by atoms with Gasteiger partial charge in [0, 0.05) is 12.4 Å². The number of nitrogens with one attached hydrogen (secondary N) is 2. The second-order valence-corrected chi connectivity index (χ2v) is 6.81. The van der Waals surface area contributed by atoms with Crippen molar-refractivity contribution in [2.75, 3.05) is 32.5 Å². The van der Waals surface area contributed by atoms with Crippen LogP contribution in [0.3, 0.4) is 0 Å². The van der Waals surface area contributed by atoms with Gasteiger partial charge in [-0.15, -0.1) is 0 Å². The molecule has 0 aliphatic rings. The molecule has 2 N–H and O–H groups in total. The largest absolute Gasteiger partial charge is 0.338 e. The minimum atomic E-state index is 0.148. The third-order valence-corrected chi connectivity index (χ3v) is 4.55. The van der Waals surface area contributed by atoms with E-state index in [1.807, 2.05) is 48.8 Å². The first-order chi connectivity index (χ1) is 11.5. The van der Waals surface area contributed by atoms with Gasteiger partial charge < -0.3 is 15.1 Å². The van der Waals surface area contributed by atoms with Crippen LogP contribution in [0.4, 0.5) is 5.69 Å². The average Bonchev–Trinajstić information content (AvgIpc) is 2.57. The predicted octanol–water partition coefficient (Wildman–Crippen LogP) is 2.64. The summed E-state index contributed by atoms with van der Waals surface area (Å²) in [6.07, 6.45) is 3.62. The summed E-state index contributed by atoms with van der Waals surface area (Å²) >= 11 is 11.9. The van der Waals surface area contributed by atoms with Gasteiger partial charge in [0.05, 0.1) is 43.9 Å². The molecule has 2 rings (SSSR count). The number of hydrogen-bond donors (Lipinski definition) is 2. The summed E-state index contributed by atoms with van der Waals surface area (Å²) in [5.41, 5.74) is 2.01. The van der Waals surface area contributed by atoms with Crippen LogP contribution in [0.1, 0.15) is 18.5 Å². The van der Waals surface area contributed by atoms with Gasteiger partial charge in [-0.3, -0.25) is 4.98 Å². The van der Waals surface area contributed by atoms with Crippen LogP contribution in [-0.2, 0) is 0 Å². The van der Waals surface area contributed by atoms with Crippen LogP contribution >= 0.6 is 23.8 Å². The Hall–Kier alpha value is -1.69. The van der Waals surface area contributed by atoms with Crippen LogP contribution in [-0.4, -0.2) is 42.2 Å². The van der Waals surface area contributed by atoms with E-state index in [1.165, 1.54) is 10.5 Å². The maximum Gasteiger partial charge on any atom is 0.174 e. The fourth-order valence-corrected chi connectivity index (χ4v) is 2.93. The topological polar surface area (TPSA) is 32.6 Å². The lowest BCUT2D eigenvalue weighted by Crippen LogP contribution is -3.06. The first-order valence-electron chi connectivity index (χ1n) is 8.00. The number of para-hydroxylation sites is 1. The number of hydrogen-bond acceptors (Lipinski definition) is 2. The zero-order valence-electron chi connectivity index (χ0n) is 14.3. The molecular weight excluding hydrogens is 340 g/mol. The molecule has 1 aromatic carbocycles. The number of pyridine rings is 1. The number of thiocarbonyl (C=S) groups is 1. The highest BCUT2D eigenvalue weighted by molar-refractivity contribution is 7.80. The molecule has 0 radical (unpaired) electrons. The van der Waals surface area contributed by atoms with Crippen molar-refractivity contribution in [1.29, 1.82) is 0 Å². The van der Waals surface area contributed by atoms with Crippen molar-refractivity contribution in [3.8, 4) is 0 Å². The fourth-order valence-electron chi connectivity index (χ4n) is 2.39. The van der Waals surface area contributed by atoms with Crippen LogP contribution in [0.25, 0.3) is 0 Å². The van der Waals surface area contributed by atoms with Crippen molar-refractivity contribution in [2.45, 2.75) is 13.0 Å². The van der Waals surface area contributed by atoms with Gasteiger partial charge in [0.1, 0.15) is 0 Å². The first-order valence-corrected chi connectivity index (χ1v) is 8.78. The standard InChI is InChI=1S/C18H23ClN4S/c1-14(15-8-10-20-11-9-15)23(13-12-22(2)3)18(24)21-17-7-5-4-6-16(17)19/h4-11,14H,12-13H2,1-3H3,(H,21,24)/p+1. The number of nitrogens with zero attached hydrogens (tertiary/aromatic N) is 2. The Balaban J connectivity index is 2.18. The summed E-state index contributed by atoms with van der Waals surface area (Å²) in [6.45, 7) is 3.99. The number of aromatic nitrogens is 1. The molecule has 1 atom stereocenters. The van der Waals surface area contributed by atoms with Gasteiger partial charge in [-0.05, 0) is 49.0 Å². The lowest BCUT2D eigenvalue weighted by Gasteiger charge is -2.32. The number of likely N-dealkylation sites (N-methyl/N-ethyl adjacent to an activating group) is 1. The molecule has 0 saturated heterocycles. The molecule has 24 heavy (non-hydrogen) atoms. The van der Waals surface area contributed by atoms with Crippen LogP contribution in [0, 0.1) is 0 Å². The van der Waals surface area contributed by atoms with Gasteiger partial charge >= 0.3 is 0 Å². The van der Waals surface area contributed by atoms with Crippen molar-refractivity contribution in [3.63, 3.8) is 0 Å². The minimum Gasteiger partial charge on any atom is -0.338 e. The molecule has 0 spiro atoms. The van der Waals surface area contributed by atoms with E-state index in [4.69, 9.17) is 23.8 Å². The highest BCUT2D eigenvalue weighted by Gasteiger charge is 2.20. The maximum absolute atomic E-state index is 6.24. The lowest BCUT2D eigenvalue weighted by atomic mass is 10.1. The molecule has 0 saturated carbocycles. The van der Waals surface area contributed by atoms with Gasteiger partial charge in [0.25, 0.3) is 0 Å². The van der Waals surface area contributed by atoms with E-state index in [0.29, 0.717) is 10.1 Å². The number of anilines is 1. The summed E-state index contributed by atoms with van der Waals surface area (Å²) in [6, 6.07) is 11.8. The lowest BCUT2D eigenvalue weighted by molar-refractivity contribution is -0.857. The normalized spacial score (nSPS) is 12.0. The molecule has 4 nitrogen and oxygen atoms in total. The molecular formula is C18H24ClN4S+. The van der Waals surface area contributed by atoms with Gasteiger partial charge in [-0.2, -0.15) is 0 Å². The second-order valence-electron chi connectivity index (χ2n) is 6.02. The van der Waals surface area contributed by atoms with Crippen LogP contribution in [0.5, 0.6) is 0 Å². The summed E-state index contributed by atoms with van der Waals surface area (Å²) < 4.78 is 0. The minimum absolute atomic E-state index is 0.148. The molecule has 0 aliphatic carbocycles. The Kier molecular flexibility index (Phi) is 6.97. The SMILES string of the molecule is CC(c1ccncc1)N(CC[NH+](C)C)C(=S)Nc1ccccc1Cl. The van der Waals surface area contributed by atoms with Crippen LogP contribution in [0.2, 0.25) is 5.02 Å². The van der Waals surface area contributed by atoms with Crippen molar-refractivity contribution < 1.29 is 4.90 Å². The zero-order chi connectivity index (χ0) is 17.5. The molecule has 1 unspecified atom stereocenters. The quantitative estimate of drug-likeness (QED) is 0.773. The molecule has 0 amide bonds. The Morgan fingerprint density at radius 2 is 1.92 bits per heavy atom. The van der Waals surface area contributed by atoms with Gasteiger partial charge in [-0.1, -0.05) is 23.7 Å². The monoisotopic (exact) mass is 363 g/mol. The smallest absolute Gasteiger partial charge is 0.174 e. The predicted molar refractivity (Wildman–Crippen MR) is 105 cm³/mol. The van der Waals surface area contributed by atoms with Gasteiger partial charge in [-0.25, -0.2) is 0 Å². The summed E-state index contributed by atoms with van der Waals surface area (Å²) in [5, 5.41) is 4.62. The number of halogens is 1. The van der Waals surface area contributed by atoms with Crippen molar-refractivity contribution >= 4 is 34.6 Å². The Bertz CT molecular complexity index is 663. The molecule has 0 fully saturated rings.